The normalized spacial score (nSPS) is 14.6. The van der Waals surface area contributed by atoms with Gasteiger partial charge in [0, 0.05) is 31.6 Å². The number of nitrogens with zero attached hydrogens (tertiary/aromatic N) is 3. The summed E-state index contributed by atoms with van der Waals surface area (Å²) in [6, 6.07) is 10.4. The highest BCUT2D eigenvalue weighted by Gasteiger charge is 2.13. The minimum atomic E-state index is 0.978. The van der Waals surface area contributed by atoms with Crippen molar-refractivity contribution >= 4 is 5.69 Å². The third-order valence-electron chi connectivity index (χ3n) is 3.87. The maximum atomic E-state index is 4.37. The number of anilines is 1. The predicted molar refractivity (Wildman–Crippen MR) is 80.8 cm³/mol. The zero-order chi connectivity index (χ0) is 13.6. The van der Waals surface area contributed by atoms with E-state index in [0.29, 0.717) is 0 Å². The molecule has 0 unspecified atom stereocenters. The largest absolute Gasteiger partial charge is 0.385 e. The van der Waals surface area contributed by atoms with Gasteiger partial charge in [0.1, 0.15) is 11.6 Å². The monoisotopic (exact) mass is 270 g/mol. The maximum Gasteiger partial charge on any atom is 0.133 e. The Hall–Kier alpha value is -1.84. The Labute approximate surface area is 120 Å². The Balaban J connectivity index is 1.50. The van der Waals surface area contributed by atoms with E-state index in [4.69, 9.17) is 0 Å². The molecule has 4 heteroatoms. The van der Waals surface area contributed by atoms with Gasteiger partial charge in [0.05, 0.1) is 0 Å². The fraction of sp³-hybridized carbons (Fsp3) is 0.500. The van der Waals surface area contributed by atoms with Crippen molar-refractivity contribution in [1.82, 2.24) is 14.8 Å². The lowest BCUT2D eigenvalue weighted by atomic mass is 10.2. The first-order valence-electron chi connectivity index (χ1n) is 7.63. The van der Waals surface area contributed by atoms with E-state index in [1.165, 1.54) is 30.8 Å². The summed E-state index contributed by atoms with van der Waals surface area (Å²) in [5.41, 5.74) is 1.19. The first kappa shape index (κ1) is 13.2. The molecule has 4 nitrogen and oxygen atoms in total. The van der Waals surface area contributed by atoms with Crippen LogP contribution in [-0.2, 0) is 19.4 Å². The summed E-state index contributed by atoms with van der Waals surface area (Å²) in [4.78, 5) is 0. The molecule has 0 radical (unpaired) electrons. The van der Waals surface area contributed by atoms with Gasteiger partial charge in [-0.05, 0) is 31.4 Å². The molecule has 0 fully saturated rings. The summed E-state index contributed by atoms with van der Waals surface area (Å²) in [6.45, 7) is 2.08. The van der Waals surface area contributed by atoms with Crippen LogP contribution in [0.5, 0.6) is 0 Å². The third-order valence-corrected chi connectivity index (χ3v) is 3.87. The van der Waals surface area contributed by atoms with Crippen LogP contribution >= 0.6 is 0 Å². The molecule has 3 rings (SSSR count). The second-order valence-electron chi connectivity index (χ2n) is 5.39. The van der Waals surface area contributed by atoms with Crippen LogP contribution in [0.4, 0.5) is 5.69 Å². The average molecular weight is 270 g/mol. The Morgan fingerprint density at radius 1 is 1.05 bits per heavy atom. The van der Waals surface area contributed by atoms with Gasteiger partial charge in [0.25, 0.3) is 0 Å². The molecule has 1 aromatic heterocycles. The number of para-hydroxylation sites is 1. The van der Waals surface area contributed by atoms with Gasteiger partial charge < -0.3 is 9.88 Å². The SMILES string of the molecule is c1ccc(NCCCc2nnc3n2CCCCC3)cc1. The summed E-state index contributed by atoms with van der Waals surface area (Å²) in [5.74, 6) is 2.35. The third kappa shape index (κ3) is 3.18. The Morgan fingerprint density at radius 2 is 1.95 bits per heavy atom. The van der Waals surface area contributed by atoms with Crippen molar-refractivity contribution in [3.05, 3.63) is 42.0 Å². The molecule has 0 atom stereocenters. The van der Waals surface area contributed by atoms with E-state index >= 15 is 0 Å². The zero-order valence-corrected chi connectivity index (χ0v) is 11.9. The lowest BCUT2D eigenvalue weighted by molar-refractivity contribution is 0.599. The second-order valence-corrected chi connectivity index (χ2v) is 5.39. The number of hydrogen-bond acceptors (Lipinski definition) is 3. The number of hydrogen-bond donors (Lipinski definition) is 1. The van der Waals surface area contributed by atoms with Gasteiger partial charge in [-0.15, -0.1) is 10.2 Å². The van der Waals surface area contributed by atoms with Crippen LogP contribution in [0.3, 0.4) is 0 Å². The van der Waals surface area contributed by atoms with E-state index in [0.717, 1.165) is 38.2 Å². The Morgan fingerprint density at radius 3 is 2.85 bits per heavy atom. The van der Waals surface area contributed by atoms with E-state index in [9.17, 15) is 0 Å². The number of aryl methyl sites for hydroxylation is 2. The molecule has 0 spiro atoms. The fourth-order valence-electron chi connectivity index (χ4n) is 2.77. The molecular formula is C16H22N4. The highest BCUT2D eigenvalue weighted by molar-refractivity contribution is 5.42. The summed E-state index contributed by atoms with van der Waals surface area (Å²) in [6.07, 6.45) is 7.03. The van der Waals surface area contributed by atoms with Gasteiger partial charge in [-0.1, -0.05) is 24.6 Å². The summed E-state index contributed by atoms with van der Waals surface area (Å²) in [5, 5.41) is 12.2. The molecule has 1 N–H and O–H groups in total. The van der Waals surface area contributed by atoms with Crippen molar-refractivity contribution in [3.8, 4) is 0 Å². The lowest BCUT2D eigenvalue weighted by Gasteiger charge is -2.08. The highest BCUT2D eigenvalue weighted by atomic mass is 15.3. The number of aromatic nitrogens is 3. The Kier molecular flexibility index (Phi) is 4.31. The minimum Gasteiger partial charge on any atom is -0.385 e. The summed E-state index contributed by atoms with van der Waals surface area (Å²) >= 11 is 0. The smallest absolute Gasteiger partial charge is 0.133 e. The molecule has 0 saturated heterocycles. The van der Waals surface area contributed by atoms with E-state index < -0.39 is 0 Å². The van der Waals surface area contributed by atoms with Crippen molar-refractivity contribution in [2.24, 2.45) is 0 Å². The quantitative estimate of drug-likeness (QED) is 0.849. The Bertz CT molecular complexity index is 533. The molecule has 1 aliphatic rings. The van der Waals surface area contributed by atoms with Crippen LogP contribution in [0.15, 0.2) is 30.3 Å². The summed E-state index contributed by atoms with van der Waals surface area (Å²) < 4.78 is 2.34. The molecule has 0 saturated carbocycles. The molecule has 0 amide bonds. The maximum absolute atomic E-state index is 4.37. The van der Waals surface area contributed by atoms with E-state index in [2.05, 4.69) is 44.3 Å². The van der Waals surface area contributed by atoms with E-state index in [-0.39, 0.29) is 0 Å². The molecule has 0 bridgehead atoms. The molecular weight excluding hydrogens is 248 g/mol. The molecule has 1 aromatic carbocycles. The number of rotatable bonds is 5. The highest BCUT2D eigenvalue weighted by Crippen LogP contribution is 2.15. The van der Waals surface area contributed by atoms with Crippen LogP contribution in [0, 0.1) is 0 Å². The van der Waals surface area contributed by atoms with Crippen LogP contribution < -0.4 is 5.32 Å². The standard InChI is InChI=1S/C16H22N4/c1-3-8-14(9-4-1)17-12-7-11-16-19-18-15-10-5-2-6-13-20(15)16/h1,3-4,8-9,17H,2,5-7,10-13H2. The molecule has 2 aromatic rings. The van der Waals surface area contributed by atoms with Crippen LogP contribution in [0.2, 0.25) is 0 Å². The first-order valence-corrected chi connectivity index (χ1v) is 7.63. The van der Waals surface area contributed by atoms with Crippen LogP contribution in [-0.4, -0.2) is 21.3 Å². The molecule has 20 heavy (non-hydrogen) atoms. The van der Waals surface area contributed by atoms with Crippen molar-refractivity contribution < 1.29 is 0 Å². The lowest BCUT2D eigenvalue weighted by Crippen LogP contribution is -2.09. The van der Waals surface area contributed by atoms with Gasteiger partial charge in [-0.3, -0.25) is 0 Å². The second kappa shape index (κ2) is 6.55. The predicted octanol–water partition coefficient (Wildman–Crippen LogP) is 3.05. The number of nitrogens with one attached hydrogen (secondary N) is 1. The van der Waals surface area contributed by atoms with Crippen molar-refractivity contribution in [1.29, 1.82) is 0 Å². The topological polar surface area (TPSA) is 42.7 Å². The zero-order valence-electron chi connectivity index (χ0n) is 11.9. The van der Waals surface area contributed by atoms with E-state index in [1.807, 2.05) is 6.07 Å². The minimum absolute atomic E-state index is 0.978. The van der Waals surface area contributed by atoms with E-state index in [1.54, 1.807) is 0 Å². The van der Waals surface area contributed by atoms with Crippen LogP contribution in [0.1, 0.15) is 37.3 Å². The molecule has 2 heterocycles. The average Bonchev–Trinajstić information content (AvgIpc) is 2.72. The molecule has 106 valence electrons. The summed E-state index contributed by atoms with van der Waals surface area (Å²) in [7, 11) is 0. The van der Waals surface area contributed by atoms with Gasteiger partial charge >= 0.3 is 0 Å². The van der Waals surface area contributed by atoms with Gasteiger partial charge in [0.2, 0.25) is 0 Å². The first-order chi connectivity index (χ1) is 9.93. The number of benzene rings is 1. The van der Waals surface area contributed by atoms with Crippen LogP contribution in [0.25, 0.3) is 0 Å². The van der Waals surface area contributed by atoms with Crippen molar-refractivity contribution in [2.75, 3.05) is 11.9 Å². The van der Waals surface area contributed by atoms with Gasteiger partial charge in [0.15, 0.2) is 0 Å². The molecule has 0 aliphatic carbocycles. The fourth-order valence-corrected chi connectivity index (χ4v) is 2.77. The number of fused-ring (bicyclic) bond motifs is 1. The van der Waals surface area contributed by atoms with Crippen molar-refractivity contribution in [3.63, 3.8) is 0 Å². The van der Waals surface area contributed by atoms with Gasteiger partial charge in [-0.2, -0.15) is 0 Å². The molecule has 1 aliphatic heterocycles. The van der Waals surface area contributed by atoms with Crippen molar-refractivity contribution in [2.45, 2.75) is 45.1 Å². The van der Waals surface area contributed by atoms with Gasteiger partial charge in [-0.25, -0.2) is 0 Å².